The third-order valence-corrected chi connectivity index (χ3v) is 3.94. The van der Waals surface area contributed by atoms with Crippen molar-refractivity contribution in [3.63, 3.8) is 0 Å². The lowest BCUT2D eigenvalue weighted by Crippen LogP contribution is -2.54. The Hall–Kier alpha value is -2.31. The molecule has 1 unspecified atom stereocenters. The summed E-state index contributed by atoms with van der Waals surface area (Å²) in [5.41, 5.74) is 0.674. The van der Waals surface area contributed by atoms with Crippen molar-refractivity contribution in [3.8, 4) is 11.4 Å². The van der Waals surface area contributed by atoms with Gasteiger partial charge in [0, 0.05) is 31.4 Å². The molecule has 0 spiro atoms. The fourth-order valence-electron chi connectivity index (χ4n) is 2.66. The van der Waals surface area contributed by atoms with Gasteiger partial charge in [-0.25, -0.2) is 14.8 Å². The molecule has 6 heteroatoms. The fourth-order valence-corrected chi connectivity index (χ4v) is 2.66. The van der Waals surface area contributed by atoms with Gasteiger partial charge in [0.25, 0.3) is 0 Å². The minimum Gasteiger partial charge on any atom is -0.479 e. The average molecular weight is 313 g/mol. The number of carboxylic acids is 1. The summed E-state index contributed by atoms with van der Waals surface area (Å²) in [5, 5.41) is 9.30. The average Bonchev–Trinajstić information content (AvgIpc) is 2.56. The first-order chi connectivity index (χ1) is 11.1. The molecule has 2 aromatic rings. The second-order valence-corrected chi connectivity index (χ2v) is 5.83. The Balaban J connectivity index is 1.75. The van der Waals surface area contributed by atoms with Gasteiger partial charge >= 0.3 is 5.97 Å². The monoisotopic (exact) mass is 313 g/mol. The van der Waals surface area contributed by atoms with Gasteiger partial charge in [-0.1, -0.05) is 30.3 Å². The van der Waals surface area contributed by atoms with E-state index in [4.69, 9.17) is 4.74 Å². The molecule has 0 amide bonds. The Morgan fingerprint density at radius 3 is 2.87 bits per heavy atom. The zero-order valence-corrected chi connectivity index (χ0v) is 13.0. The van der Waals surface area contributed by atoms with Crippen LogP contribution in [0.5, 0.6) is 0 Å². The van der Waals surface area contributed by atoms with Gasteiger partial charge < -0.3 is 9.84 Å². The number of rotatable bonds is 4. The predicted octanol–water partition coefficient (Wildman–Crippen LogP) is 1.82. The van der Waals surface area contributed by atoms with E-state index in [0.717, 1.165) is 11.3 Å². The van der Waals surface area contributed by atoms with Gasteiger partial charge in [0.15, 0.2) is 11.4 Å². The molecule has 1 aromatic heterocycles. The van der Waals surface area contributed by atoms with E-state index in [-0.39, 0.29) is 0 Å². The van der Waals surface area contributed by atoms with Gasteiger partial charge in [0.1, 0.15) is 0 Å². The molecule has 1 atom stereocenters. The van der Waals surface area contributed by atoms with Crippen LogP contribution < -0.4 is 0 Å². The maximum atomic E-state index is 11.3. The number of hydrogen-bond donors (Lipinski definition) is 1. The number of nitrogens with zero attached hydrogens (tertiary/aromatic N) is 3. The minimum absolute atomic E-state index is 0.340. The first kappa shape index (κ1) is 15.6. The van der Waals surface area contributed by atoms with Crippen LogP contribution in [-0.2, 0) is 16.1 Å². The fraction of sp³-hybridized carbons (Fsp3) is 0.353. The van der Waals surface area contributed by atoms with Crippen LogP contribution in [0.3, 0.4) is 0 Å². The van der Waals surface area contributed by atoms with Crippen molar-refractivity contribution in [2.45, 2.75) is 19.1 Å². The molecule has 0 bridgehead atoms. The largest absolute Gasteiger partial charge is 0.479 e. The molecule has 0 aliphatic carbocycles. The second kappa shape index (κ2) is 6.44. The summed E-state index contributed by atoms with van der Waals surface area (Å²) in [7, 11) is 0. The van der Waals surface area contributed by atoms with Crippen LogP contribution >= 0.6 is 0 Å². The molecule has 1 N–H and O–H groups in total. The first-order valence-electron chi connectivity index (χ1n) is 7.54. The number of benzene rings is 1. The molecular formula is C17H19N3O3. The van der Waals surface area contributed by atoms with E-state index < -0.39 is 11.6 Å². The number of aliphatic carboxylic acids is 1. The summed E-state index contributed by atoms with van der Waals surface area (Å²) in [6.07, 6.45) is 1.74. The van der Waals surface area contributed by atoms with Crippen molar-refractivity contribution in [2.75, 3.05) is 19.7 Å². The smallest absolute Gasteiger partial charge is 0.337 e. The van der Waals surface area contributed by atoms with Crippen LogP contribution in [0, 0.1) is 0 Å². The quantitative estimate of drug-likeness (QED) is 0.928. The topological polar surface area (TPSA) is 75.5 Å². The molecule has 23 heavy (non-hydrogen) atoms. The van der Waals surface area contributed by atoms with Crippen LogP contribution in [-0.4, -0.2) is 51.2 Å². The maximum Gasteiger partial charge on any atom is 0.337 e. The summed E-state index contributed by atoms with van der Waals surface area (Å²) in [4.78, 5) is 22.3. The Morgan fingerprint density at radius 2 is 2.13 bits per heavy atom. The summed E-state index contributed by atoms with van der Waals surface area (Å²) in [6, 6.07) is 11.6. The maximum absolute atomic E-state index is 11.3. The zero-order chi connectivity index (χ0) is 16.3. The van der Waals surface area contributed by atoms with Gasteiger partial charge in [-0.15, -0.1) is 0 Å². The van der Waals surface area contributed by atoms with E-state index in [1.54, 1.807) is 13.1 Å². The highest BCUT2D eigenvalue weighted by molar-refractivity contribution is 5.77. The van der Waals surface area contributed by atoms with Crippen LogP contribution in [0.1, 0.15) is 12.6 Å². The van der Waals surface area contributed by atoms with Crippen LogP contribution in [0.2, 0.25) is 0 Å². The molecule has 1 aliphatic heterocycles. The highest BCUT2D eigenvalue weighted by Gasteiger charge is 2.39. The molecule has 1 saturated heterocycles. The molecule has 0 saturated carbocycles. The second-order valence-electron chi connectivity index (χ2n) is 5.83. The van der Waals surface area contributed by atoms with Crippen molar-refractivity contribution in [3.05, 3.63) is 48.3 Å². The summed E-state index contributed by atoms with van der Waals surface area (Å²) in [6.45, 7) is 3.62. The van der Waals surface area contributed by atoms with E-state index in [2.05, 4.69) is 14.9 Å². The highest BCUT2D eigenvalue weighted by atomic mass is 16.5. The van der Waals surface area contributed by atoms with Gasteiger partial charge in [-0.2, -0.15) is 0 Å². The molecule has 1 aromatic carbocycles. The normalized spacial score (nSPS) is 22.0. The SMILES string of the molecule is CC1(C(=O)O)CN(Cc2ccnc(-c3ccccc3)n2)CCO1. The number of hydrogen-bond acceptors (Lipinski definition) is 5. The van der Waals surface area contributed by atoms with Gasteiger partial charge in [-0.05, 0) is 13.0 Å². The lowest BCUT2D eigenvalue weighted by Gasteiger charge is -2.37. The minimum atomic E-state index is -1.16. The zero-order valence-electron chi connectivity index (χ0n) is 13.0. The van der Waals surface area contributed by atoms with E-state index >= 15 is 0 Å². The summed E-state index contributed by atoms with van der Waals surface area (Å²) < 4.78 is 5.41. The Bertz CT molecular complexity index is 692. The lowest BCUT2D eigenvalue weighted by atomic mass is 10.0. The predicted molar refractivity (Wildman–Crippen MR) is 84.7 cm³/mol. The molecule has 3 rings (SSSR count). The number of carboxylic acid groups (broad SMARTS) is 1. The van der Waals surface area contributed by atoms with Gasteiger partial charge in [-0.3, -0.25) is 4.90 Å². The molecule has 0 radical (unpaired) electrons. The Morgan fingerprint density at radius 1 is 1.35 bits per heavy atom. The highest BCUT2D eigenvalue weighted by Crippen LogP contribution is 2.20. The number of aromatic nitrogens is 2. The molecular weight excluding hydrogens is 294 g/mol. The molecule has 1 fully saturated rings. The Kier molecular flexibility index (Phi) is 4.36. The molecule has 2 heterocycles. The van der Waals surface area contributed by atoms with Crippen LogP contribution in [0.25, 0.3) is 11.4 Å². The lowest BCUT2D eigenvalue weighted by molar-refractivity contribution is -0.174. The van der Waals surface area contributed by atoms with E-state index in [1.165, 1.54) is 0 Å². The number of morpholine rings is 1. The molecule has 120 valence electrons. The third-order valence-electron chi connectivity index (χ3n) is 3.94. The third kappa shape index (κ3) is 3.55. The van der Waals surface area contributed by atoms with Gasteiger partial charge in [0.05, 0.1) is 12.3 Å². The van der Waals surface area contributed by atoms with Crippen molar-refractivity contribution in [1.29, 1.82) is 0 Å². The molecule has 1 aliphatic rings. The van der Waals surface area contributed by atoms with Crippen molar-refractivity contribution in [1.82, 2.24) is 14.9 Å². The number of ether oxygens (including phenoxy) is 1. The standard InChI is InChI=1S/C17H19N3O3/c1-17(16(21)22)12-20(9-10-23-17)11-14-7-8-18-15(19-14)13-5-3-2-4-6-13/h2-8H,9-12H2,1H3,(H,21,22). The van der Waals surface area contributed by atoms with E-state index in [0.29, 0.717) is 32.1 Å². The van der Waals surface area contributed by atoms with E-state index in [1.807, 2.05) is 36.4 Å². The van der Waals surface area contributed by atoms with Crippen LogP contribution in [0.4, 0.5) is 0 Å². The first-order valence-corrected chi connectivity index (χ1v) is 7.54. The Labute approximate surface area is 134 Å². The number of carbonyl (C=O) groups is 1. The molecule has 6 nitrogen and oxygen atoms in total. The van der Waals surface area contributed by atoms with Crippen molar-refractivity contribution >= 4 is 5.97 Å². The van der Waals surface area contributed by atoms with Gasteiger partial charge in [0.2, 0.25) is 0 Å². The van der Waals surface area contributed by atoms with Crippen molar-refractivity contribution in [2.24, 2.45) is 0 Å². The summed E-state index contributed by atoms with van der Waals surface area (Å²) in [5.74, 6) is -0.257. The van der Waals surface area contributed by atoms with E-state index in [9.17, 15) is 9.90 Å². The van der Waals surface area contributed by atoms with Crippen LogP contribution in [0.15, 0.2) is 42.6 Å². The summed E-state index contributed by atoms with van der Waals surface area (Å²) >= 11 is 0. The van der Waals surface area contributed by atoms with Crippen molar-refractivity contribution < 1.29 is 14.6 Å².